The second kappa shape index (κ2) is 8.21. The highest BCUT2D eigenvalue weighted by atomic mass is 16.6. The fraction of sp³-hybridized carbons (Fsp3) is 0.636. The SMILES string of the molecule is C=C1C(=O)O[C@@H]2[C@H]1C[C@@H]1O[C@]1(COC(C)=O)CC/C=C(\C)CC/C=C(\C)[C@@H]2O. The van der Waals surface area contributed by atoms with Gasteiger partial charge in [0.1, 0.15) is 24.4 Å². The van der Waals surface area contributed by atoms with Crippen LogP contribution in [0.25, 0.3) is 0 Å². The first-order valence-corrected chi connectivity index (χ1v) is 9.95. The number of ether oxygens (including phenoxy) is 3. The topological polar surface area (TPSA) is 85.4 Å². The summed E-state index contributed by atoms with van der Waals surface area (Å²) in [6, 6.07) is 0. The number of carbonyl (C=O) groups is 2. The van der Waals surface area contributed by atoms with Crippen molar-refractivity contribution in [2.75, 3.05) is 6.61 Å². The Kier molecular flexibility index (Phi) is 6.10. The highest BCUT2D eigenvalue weighted by Crippen LogP contribution is 2.48. The molecular formula is C22H30O6. The molecule has 0 aromatic rings. The van der Waals surface area contributed by atoms with Gasteiger partial charge in [0.2, 0.25) is 0 Å². The lowest BCUT2D eigenvalue weighted by atomic mass is 9.84. The lowest BCUT2D eigenvalue weighted by molar-refractivity contribution is -0.143. The summed E-state index contributed by atoms with van der Waals surface area (Å²) < 4.78 is 16.7. The van der Waals surface area contributed by atoms with Gasteiger partial charge in [-0.05, 0) is 51.5 Å². The summed E-state index contributed by atoms with van der Waals surface area (Å²) >= 11 is 0. The summed E-state index contributed by atoms with van der Waals surface area (Å²) in [6.45, 7) is 9.42. The Hall–Kier alpha value is -1.92. The third-order valence-electron chi connectivity index (χ3n) is 6.09. The van der Waals surface area contributed by atoms with E-state index in [2.05, 4.69) is 19.6 Å². The van der Waals surface area contributed by atoms with Gasteiger partial charge in [0.15, 0.2) is 0 Å². The molecule has 0 bridgehead atoms. The van der Waals surface area contributed by atoms with E-state index in [1.54, 1.807) is 0 Å². The summed E-state index contributed by atoms with van der Waals surface area (Å²) in [5, 5.41) is 10.8. The molecule has 2 saturated heterocycles. The molecule has 2 fully saturated rings. The van der Waals surface area contributed by atoms with E-state index >= 15 is 0 Å². The second-order valence-corrected chi connectivity index (χ2v) is 8.21. The van der Waals surface area contributed by atoms with E-state index in [1.807, 2.05) is 13.0 Å². The maximum atomic E-state index is 12.1. The van der Waals surface area contributed by atoms with Crippen LogP contribution in [0.5, 0.6) is 0 Å². The van der Waals surface area contributed by atoms with E-state index in [4.69, 9.17) is 14.2 Å². The lowest BCUT2D eigenvalue weighted by Crippen LogP contribution is -2.34. The maximum Gasteiger partial charge on any atom is 0.334 e. The standard InChI is InChI=1S/C22H30O6/c1-13-7-5-9-14(2)19(24)20-17(15(3)21(25)27-20)11-18-22(28-18,10-6-8-13)12-26-16(4)23/h8-9,17-20,24H,3,5-7,10-12H2,1-2,4H3/b13-8+,14-9+/t17-,18-,19-,20+,22-/m0/s1. The number of aliphatic hydroxyl groups is 1. The Labute approximate surface area is 166 Å². The van der Waals surface area contributed by atoms with Crippen molar-refractivity contribution in [2.45, 2.75) is 76.8 Å². The van der Waals surface area contributed by atoms with Gasteiger partial charge in [-0.2, -0.15) is 0 Å². The number of allylic oxidation sites excluding steroid dienone is 3. The molecule has 28 heavy (non-hydrogen) atoms. The van der Waals surface area contributed by atoms with Crippen LogP contribution in [-0.2, 0) is 23.8 Å². The Bertz CT molecular complexity index is 721. The normalized spacial score (nSPS) is 40.0. The van der Waals surface area contributed by atoms with E-state index in [1.165, 1.54) is 12.5 Å². The van der Waals surface area contributed by atoms with Gasteiger partial charge in [0.25, 0.3) is 0 Å². The largest absolute Gasteiger partial charge is 0.463 e. The van der Waals surface area contributed by atoms with E-state index < -0.39 is 23.8 Å². The summed E-state index contributed by atoms with van der Waals surface area (Å²) in [7, 11) is 0. The predicted molar refractivity (Wildman–Crippen MR) is 103 cm³/mol. The molecule has 154 valence electrons. The van der Waals surface area contributed by atoms with Crippen LogP contribution in [-0.4, -0.2) is 47.6 Å². The minimum atomic E-state index is -0.873. The van der Waals surface area contributed by atoms with Crippen molar-refractivity contribution < 1.29 is 28.9 Å². The summed E-state index contributed by atoms with van der Waals surface area (Å²) in [5.41, 5.74) is 1.90. The average molecular weight is 390 g/mol. The number of esters is 2. The van der Waals surface area contributed by atoms with Gasteiger partial charge in [-0.15, -0.1) is 0 Å². The quantitative estimate of drug-likeness (QED) is 0.338. The molecule has 0 unspecified atom stereocenters. The number of aliphatic hydroxyl groups excluding tert-OH is 1. The number of hydrogen-bond acceptors (Lipinski definition) is 6. The zero-order chi connectivity index (χ0) is 20.5. The Balaban J connectivity index is 1.85. The number of hydrogen-bond donors (Lipinski definition) is 1. The van der Waals surface area contributed by atoms with Crippen LogP contribution in [0.3, 0.4) is 0 Å². The third-order valence-corrected chi connectivity index (χ3v) is 6.09. The van der Waals surface area contributed by atoms with Crippen LogP contribution < -0.4 is 0 Å². The average Bonchev–Trinajstić information content (AvgIpc) is 3.25. The molecule has 2 heterocycles. The van der Waals surface area contributed by atoms with Gasteiger partial charge in [-0.3, -0.25) is 4.79 Å². The lowest BCUT2D eigenvalue weighted by Gasteiger charge is -2.24. The minimum absolute atomic E-state index is 0.168. The van der Waals surface area contributed by atoms with E-state index in [9.17, 15) is 14.7 Å². The van der Waals surface area contributed by atoms with Crippen molar-refractivity contribution in [1.82, 2.24) is 0 Å². The molecule has 0 spiro atoms. The van der Waals surface area contributed by atoms with E-state index in [-0.39, 0.29) is 24.6 Å². The first-order chi connectivity index (χ1) is 13.2. The van der Waals surface area contributed by atoms with Crippen molar-refractivity contribution >= 4 is 11.9 Å². The second-order valence-electron chi connectivity index (χ2n) is 8.21. The molecule has 6 nitrogen and oxygen atoms in total. The van der Waals surface area contributed by atoms with Crippen molar-refractivity contribution in [3.63, 3.8) is 0 Å². The minimum Gasteiger partial charge on any atom is -0.463 e. The van der Waals surface area contributed by atoms with E-state index in [0.717, 1.165) is 31.3 Å². The van der Waals surface area contributed by atoms with Crippen molar-refractivity contribution in [3.8, 4) is 0 Å². The van der Waals surface area contributed by atoms with Crippen LogP contribution in [0.15, 0.2) is 35.5 Å². The fourth-order valence-corrected chi connectivity index (χ4v) is 4.15. The molecule has 1 N–H and O–H groups in total. The zero-order valence-corrected chi connectivity index (χ0v) is 16.9. The molecule has 0 aromatic heterocycles. The predicted octanol–water partition coefficient (Wildman–Crippen LogP) is 3.00. The van der Waals surface area contributed by atoms with Gasteiger partial charge in [-0.1, -0.05) is 24.3 Å². The molecule has 0 saturated carbocycles. The molecule has 2 aliphatic heterocycles. The third kappa shape index (κ3) is 4.39. The van der Waals surface area contributed by atoms with Crippen LogP contribution in [0.2, 0.25) is 0 Å². The molecule has 3 aliphatic rings. The number of carbonyl (C=O) groups excluding carboxylic acids is 2. The van der Waals surface area contributed by atoms with Gasteiger partial charge < -0.3 is 19.3 Å². The summed E-state index contributed by atoms with van der Waals surface area (Å²) in [6.07, 6.45) is 6.29. The number of rotatable bonds is 2. The molecule has 5 atom stereocenters. The van der Waals surface area contributed by atoms with Crippen molar-refractivity contribution in [3.05, 3.63) is 35.5 Å². The fourth-order valence-electron chi connectivity index (χ4n) is 4.15. The molecule has 0 radical (unpaired) electrons. The van der Waals surface area contributed by atoms with Gasteiger partial charge in [-0.25, -0.2) is 4.79 Å². The molecule has 3 rings (SSSR count). The number of epoxide rings is 1. The smallest absolute Gasteiger partial charge is 0.334 e. The molecule has 6 heteroatoms. The van der Waals surface area contributed by atoms with Crippen molar-refractivity contribution in [2.24, 2.45) is 5.92 Å². The Morgan fingerprint density at radius 2 is 2.11 bits per heavy atom. The Morgan fingerprint density at radius 3 is 2.82 bits per heavy atom. The highest BCUT2D eigenvalue weighted by Gasteiger charge is 2.59. The summed E-state index contributed by atoms with van der Waals surface area (Å²) in [5.74, 6) is -1.13. The van der Waals surface area contributed by atoms with Gasteiger partial charge >= 0.3 is 11.9 Å². The molecule has 0 aromatic carbocycles. The van der Waals surface area contributed by atoms with E-state index in [0.29, 0.717) is 12.0 Å². The molecular weight excluding hydrogens is 360 g/mol. The van der Waals surface area contributed by atoms with Crippen LogP contribution in [0.4, 0.5) is 0 Å². The van der Waals surface area contributed by atoms with Crippen molar-refractivity contribution in [1.29, 1.82) is 0 Å². The highest BCUT2D eigenvalue weighted by molar-refractivity contribution is 5.91. The molecule has 0 amide bonds. The first kappa shape index (κ1) is 20.8. The first-order valence-electron chi connectivity index (χ1n) is 9.95. The zero-order valence-electron chi connectivity index (χ0n) is 16.9. The monoisotopic (exact) mass is 390 g/mol. The van der Waals surface area contributed by atoms with Crippen LogP contribution >= 0.6 is 0 Å². The Morgan fingerprint density at radius 1 is 1.36 bits per heavy atom. The summed E-state index contributed by atoms with van der Waals surface area (Å²) in [4.78, 5) is 23.4. The maximum absolute atomic E-state index is 12.1. The number of fused-ring (bicyclic) bond motifs is 2. The van der Waals surface area contributed by atoms with Gasteiger partial charge in [0, 0.05) is 18.4 Å². The van der Waals surface area contributed by atoms with Crippen LogP contribution in [0.1, 0.15) is 52.9 Å². The van der Waals surface area contributed by atoms with Gasteiger partial charge in [0.05, 0.1) is 6.10 Å². The van der Waals surface area contributed by atoms with Crippen LogP contribution in [0, 0.1) is 5.92 Å². The molecule has 1 aliphatic carbocycles.